The molecule has 1 aliphatic rings. The highest BCUT2D eigenvalue weighted by molar-refractivity contribution is 7.82. The van der Waals surface area contributed by atoms with Crippen molar-refractivity contribution >= 4 is 11.0 Å². The van der Waals surface area contributed by atoms with Crippen molar-refractivity contribution in [2.75, 3.05) is 6.26 Å². The Labute approximate surface area is 167 Å². The van der Waals surface area contributed by atoms with Crippen LogP contribution in [0.25, 0.3) is 11.1 Å². The molecule has 0 fully saturated rings. The van der Waals surface area contributed by atoms with E-state index in [9.17, 15) is 8.60 Å². The maximum Gasteiger partial charge on any atom is 0.123 e. The Morgan fingerprint density at radius 3 is 2.71 bits per heavy atom. The molecule has 0 radical (unpaired) electrons. The van der Waals surface area contributed by atoms with E-state index in [4.69, 9.17) is 4.98 Å². The molecule has 1 aliphatic heterocycles. The summed E-state index contributed by atoms with van der Waals surface area (Å²) in [5.74, 6) is 0.944. The van der Waals surface area contributed by atoms with Crippen molar-refractivity contribution in [3.05, 3.63) is 77.6 Å². The lowest BCUT2D eigenvalue weighted by Gasteiger charge is -2.32. The molecule has 0 amide bonds. The van der Waals surface area contributed by atoms with Crippen LogP contribution in [0.1, 0.15) is 29.4 Å². The number of nitrogens with zero attached hydrogens (tertiary/aromatic N) is 2. The smallest absolute Gasteiger partial charge is 0.123 e. The van der Waals surface area contributed by atoms with Crippen LogP contribution in [-0.4, -0.2) is 26.1 Å². The highest BCUT2D eigenvalue weighted by atomic mass is 32.2. The lowest BCUT2D eigenvalue weighted by molar-refractivity contribution is 0.366. The summed E-state index contributed by atoms with van der Waals surface area (Å²) >= 11 is 0. The van der Waals surface area contributed by atoms with Crippen LogP contribution in [0.4, 0.5) is 4.39 Å². The summed E-state index contributed by atoms with van der Waals surface area (Å²) in [4.78, 5) is 4.75. The van der Waals surface area contributed by atoms with Crippen LogP contribution in [0.3, 0.4) is 0 Å². The van der Waals surface area contributed by atoms with Gasteiger partial charge in [0.15, 0.2) is 0 Å². The van der Waals surface area contributed by atoms with Crippen LogP contribution in [0.5, 0.6) is 0 Å². The number of rotatable bonds is 5. The van der Waals surface area contributed by atoms with E-state index in [-0.39, 0.29) is 17.8 Å². The van der Waals surface area contributed by atoms with Crippen molar-refractivity contribution in [3.63, 3.8) is 0 Å². The predicted octanol–water partition coefficient (Wildman–Crippen LogP) is 3.98. The van der Waals surface area contributed by atoms with Crippen molar-refractivity contribution in [1.29, 1.82) is 0 Å². The maximum absolute atomic E-state index is 13.6. The van der Waals surface area contributed by atoms with E-state index in [2.05, 4.69) is 27.6 Å². The number of fused-ring (bicyclic) bond motifs is 1. The number of aromatic nitrogens is 2. The van der Waals surface area contributed by atoms with Gasteiger partial charge in [0.25, 0.3) is 0 Å². The first kappa shape index (κ1) is 19.0. The zero-order valence-corrected chi connectivity index (χ0v) is 16.9. The number of imidazole rings is 1. The molecule has 6 heteroatoms. The maximum atomic E-state index is 13.6. The summed E-state index contributed by atoms with van der Waals surface area (Å²) in [5.41, 5.74) is 4.03. The van der Waals surface area contributed by atoms with Gasteiger partial charge in [0.1, 0.15) is 11.6 Å². The van der Waals surface area contributed by atoms with Gasteiger partial charge in [-0.2, -0.15) is 0 Å². The number of aryl methyl sites for hydroxylation is 2. The minimum Gasteiger partial charge on any atom is -0.334 e. The summed E-state index contributed by atoms with van der Waals surface area (Å²) in [6, 6.07) is 15.0. The van der Waals surface area contributed by atoms with Crippen LogP contribution < -0.4 is 4.72 Å². The second-order valence-corrected chi connectivity index (χ2v) is 8.57. The highest BCUT2D eigenvalue weighted by Crippen LogP contribution is 2.32. The van der Waals surface area contributed by atoms with Gasteiger partial charge in [-0.3, -0.25) is 0 Å². The minimum absolute atomic E-state index is 0.109. The van der Waals surface area contributed by atoms with Gasteiger partial charge in [-0.05, 0) is 48.6 Å². The summed E-state index contributed by atoms with van der Waals surface area (Å²) in [5, 5.41) is 0. The molecule has 4 nitrogen and oxygen atoms in total. The van der Waals surface area contributed by atoms with E-state index in [1.165, 1.54) is 6.07 Å². The quantitative estimate of drug-likeness (QED) is 0.708. The van der Waals surface area contributed by atoms with Gasteiger partial charge in [-0.1, -0.05) is 36.4 Å². The van der Waals surface area contributed by atoms with E-state index < -0.39 is 11.0 Å². The first-order chi connectivity index (χ1) is 13.5. The summed E-state index contributed by atoms with van der Waals surface area (Å²) < 4.78 is 30.9. The van der Waals surface area contributed by atoms with Crippen molar-refractivity contribution in [2.24, 2.45) is 0 Å². The lowest BCUT2D eigenvalue weighted by atomic mass is 9.87. The Morgan fingerprint density at radius 1 is 1.21 bits per heavy atom. The molecule has 3 atom stereocenters. The summed E-state index contributed by atoms with van der Waals surface area (Å²) in [6.45, 7) is 2.89. The summed E-state index contributed by atoms with van der Waals surface area (Å²) in [6.07, 6.45) is 5.46. The van der Waals surface area contributed by atoms with Crippen LogP contribution in [0, 0.1) is 12.7 Å². The summed E-state index contributed by atoms with van der Waals surface area (Å²) in [7, 11) is -1.08. The SMILES string of the molecule is Cc1cn2c(n1)C(Cc1cccc(-c3cccc(F)c3)c1)C(NS(C)=O)CC2. The third kappa shape index (κ3) is 4.08. The van der Waals surface area contributed by atoms with Gasteiger partial charge in [0.2, 0.25) is 0 Å². The van der Waals surface area contributed by atoms with Gasteiger partial charge in [0.05, 0.1) is 16.7 Å². The lowest BCUT2D eigenvalue weighted by Crippen LogP contribution is -2.41. The first-order valence-electron chi connectivity index (χ1n) is 9.48. The normalized spacial score (nSPS) is 20.0. The Kier molecular flexibility index (Phi) is 5.42. The molecular formula is C22H24FN3OS. The molecule has 146 valence electrons. The standard InChI is InChI=1S/C22H24FN3OS/c1-15-14-26-10-9-21(25-28(2)27)20(22(26)24-15)12-16-5-3-6-17(11-16)18-7-4-8-19(23)13-18/h3-8,11,13-14,20-21,25H,9-10,12H2,1-2H3. The van der Waals surface area contributed by atoms with E-state index in [1.807, 2.05) is 25.1 Å². The molecule has 1 aromatic heterocycles. The fourth-order valence-electron chi connectivity index (χ4n) is 4.09. The molecule has 3 unspecified atom stereocenters. The van der Waals surface area contributed by atoms with Crippen LogP contribution in [0.2, 0.25) is 0 Å². The average molecular weight is 398 g/mol. The van der Waals surface area contributed by atoms with Crippen LogP contribution >= 0.6 is 0 Å². The van der Waals surface area contributed by atoms with E-state index in [1.54, 1.807) is 18.4 Å². The van der Waals surface area contributed by atoms with E-state index >= 15 is 0 Å². The van der Waals surface area contributed by atoms with Crippen molar-refractivity contribution < 1.29 is 8.60 Å². The number of hydrogen-bond acceptors (Lipinski definition) is 2. The average Bonchev–Trinajstić information content (AvgIpc) is 3.04. The Morgan fingerprint density at radius 2 is 1.96 bits per heavy atom. The van der Waals surface area contributed by atoms with E-state index in [0.717, 1.165) is 47.6 Å². The van der Waals surface area contributed by atoms with Crippen LogP contribution in [-0.2, 0) is 24.0 Å². The molecule has 0 saturated heterocycles. The fraction of sp³-hybridized carbons (Fsp3) is 0.318. The second kappa shape index (κ2) is 7.97. The molecule has 2 heterocycles. The zero-order chi connectivity index (χ0) is 19.7. The number of hydrogen-bond donors (Lipinski definition) is 1. The molecule has 28 heavy (non-hydrogen) atoms. The second-order valence-electron chi connectivity index (χ2n) is 7.42. The molecule has 0 bridgehead atoms. The van der Waals surface area contributed by atoms with Gasteiger partial charge in [0, 0.05) is 31.0 Å². The Hall–Kier alpha value is -2.31. The third-order valence-corrected chi connectivity index (χ3v) is 5.92. The van der Waals surface area contributed by atoms with Gasteiger partial charge >= 0.3 is 0 Å². The van der Waals surface area contributed by atoms with Gasteiger partial charge in [-0.15, -0.1) is 0 Å². The first-order valence-corrected chi connectivity index (χ1v) is 11.0. The Bertz CT molecular complexity index is 1020. The number of halogens is 1. The predicted molar refractivity (Wildman–Crippen MR) is 111 cm³/mol. The van der Waals surface area contributed by atoms with Crippen molar-refractivity contribution in [3.8, 4) is 11.1 Å². The fourth-order valence-corrected chi connectivity index (χ4v) is 4.80. The molecule has 0 spiro atoms. The molecule has 1 N–H and O–H groups in total. The molecule has 2 aromatic carbocycles. The van der Waals surface area contributed by atoms with E-state index in [0.29, 0.717) is 0 Å². The molecule has 3 aromatic rings. The monoisotopic (exact) mass is 397 g/mol. The van der Waals surface area contributed by atoms with Crippen molar-refractivity contribution in [1.82, 2.24) is 14.3 Å². The molecule has 0 saturated carbocycles. The topological polar surface area (TPSA) is 46.9 Å². The zero-order valence-electron chi connectivity index (χ0n) is 16.1. The van der Waals surface area contributed by atoms with Gasteiger partial charge in [-0.25, -0.2) is 18.3 Å². The Balaban J connectivity index is 1.66. The minimum atomic E-state index is -1.08. The number of benzene rings is 2. The van der Waals surface area contributed by atoms with Crippen LogP contribution in [0.15, 0.2) is 54.7 Å². The molecule has 0 aliphatic carbocycles. The third-order valence-electron chi connectivity index (χ3n) is 5.28. The highest BCUT2D eigenvalue weighted by Gasteiger charge is 2.32. The van der Waals surface area contributed by atoms with Crippen molar-refractivity contribution in [2.45, 2.75) is 38.3 Å². The number of nitrogens with one attached hydrogen (secondary N) is 1. The largest absolute Gasteiger partial charge is 0.334 e. The van der Waals surface area contributed by atoms with Gasteiger partial charge < -0.3 is 4.57 Å². The molecular weight excluding hydrogens is 373 g/mol. The molecule has 4 rings (SSSR count).